The molecular weight excluding hydrogens is 256 g/mol. The molecule has 0 amide bonds. The van der Waals surface area contributed by atoms with Crippen molar-refractivity contribution in [3.8, 4) is 5.75 Å². The number of para-hydroxylation sites is 2. The molecule has 2 aromatic rings. The maximum atomic E-state index is 11.0. The molecule has 1 atom stereocenters. The fourth-order valence-corrected chi connectivity index (χ4v) is 2.40. The van der Waals surface area contributed by atoms with Gasteiger partial charge in [-0.3, -0.25) is 10.1 Å². The highest BCUT2D eigenvalue weighted by Crippen LogP contribution is 2.32. The summed E-state index contributed by atoms with van der Waals surface area (Å²) in [6, 6.07) is 14.7. The van der Waals surface area contributed by atoms with Crippen molar-refractivity contribution in [3.05, 3.63) is 69.8 Å². The Morgan fingerprint density at radius 1 is 1.20 bits per heavy atom. The Morgan fingerprint density at radius 2 is 1.95 bits per heavy atom. The van der Waals surface area contributed by atoms with Crippen molar-refractivity contribution in [2.45, 2.75) is 12.6 Å². The molecule has 0 aliphatic carbocycles. The molecule has 1 aliphatic rings. The van der Waals surface area contributed by atoms with E-state index in [0.717, 1.165) is 11.3 Å². The van der Waals surface area contributed by atoms with E-state index in [-0.39, 0.29) is 16.7 Å². The van der Waals surface area contributed by atoms with Gasteiger partial charge in [0.25, 0.3) is 5.69 Å². The van der Waals surface area contributed by atoms with E-state index in [0.29, 0.717) is 18.7 Å². The van der Waals surface area contributed by atoms with Crippen LogP contribution in [0.5, 0.6) is 5.75 Å². The first-order valence-electron chi connectivity index (χ1n) is 6.43. The van der Waals surface area contributed by atoms with E-state index in [2.05, 4.69) is 5.32 Å². The van der Waals surface area contributed by atoms with Gasteiger partial charge in [-0.15, -0.1) is 0 Å². The number of nitro groups is 1. The average molecular weight is 270 g/mol. The fraction of sp³-hybridized carbons (Fsp3) is 0.200. The summed E-state index contributed by atoms with van der Waals surface area (Å²) in [6.07, 6.45) is 0. The highest BCUT2D eigenvalue weighted by atomic mass is 16.6. The highest BCUT2D eigenvalue weighted by molar-refractivity contribution is 5.41. The lowest BCUT2D eigenvalue weighted by Crippen LogP contribution is -2.22. The molecule has 0 bridgehead atoms. The summed E-state index contributed by atoms with van der Waals surface area (Å²) in [5.74, 6) is 0.882. The van der Waals surface area contributed by atoms with Crippen molar-refractivity contribution in [1.82, 2.24) is 5.32 Å². The molecule has 20 heavy (non-hydrogen) atoms. The lowest BCUT2D eigenvalue weighted by Gasteiger charge is -2.11. The predicted octanol–water partition coefficient (Wildman–Crippen LogP) is 2.82. The summed E-state index contributed by atoms with van der Waals surface area (Å²) in [6.45, 7) is 0.999. The van der Waals surface area contributed by atoms with Crippen LogP contribution < -0.4 is 10.1 Å². The van der Waals surface area contributed by atoms with Crippen LogP contribution in [0.15, 0.2) is 48.5 Å². The summed E-state index contributed by atoms with van der Waals surface area (Å²) >= 11 is 0. The van der Waals surface area contributed by atoms with Crippen LogP contribution in [0.3, 0.4) is 0 Å². The van der Waals surface area contributed by atoms with Crippen molar-refractivity contribution < 1.29 is 9.66 Å². The first kappa shape index (κ1) is 12.6. The Hall–Kier alpha value is -2.40. The quantitative estimate of drug-likeness (QED) is 0.685. The number of fused-ring (bicyclic) bond motifs is 1. The van der Waals surface area contributed by atoms with E-state index < -0.39 is 0 Å². The van der Waals surface area contributed by atoms with E-state index >= 15 is 0 Å². The molecule has 0 aromatic heterocycles. The van der Waals surface area contributed by atoms with Crippen LogP contribution in [-0.2, 0) is 6.54 Å². The van der Waals surface area contributed by atoms with E-state index in [4.69, 9.17) is 4.74 Å². The average Bonchev–Trinajstić information content (AvgIpc) is 2.88. The SMILES string of the molecule is O=[N+]([O-])c1ccccc1CNC1COc2ccccc21. The Bertz CT molecular complexity index is 643. The summed E-state index contributed by atoms with van der Waals surface area (Å²) in [4.78, 5) is 10.6. The molecule has 5 heteroatoms. The lowest BCUT2D eigenvalue weighted by molar-refractivity contribution is -0.385. The molecule has 0 spiro atoms. The van der Waals surface area contributed by atoms with Crippen LogP contribution in [0.4, 0.5) is 5.69 Å². The van der Waals surface area contributed by atoms with Crippen LogP contribution in [0.1, 0.15) is 17.2 Å². The second-order valence-electron chi connectivity index (χ2n) is 4.67. The number of nitrogens with zero attached hydrogens (tertiary/aromatic N) is 1. The van der Waals surface area contributed by atoms with Crippen molar-refractivity contribution in [1.29, 1.82) is 0 Å². The number of ether oxygens (including phenoxy) is 1. The van der Waals surface area contributed by atoms with Gasteiger partial charge in [-0.1, -0.05) is 36.4 Å². The fourth-order valence-electron chi connectivity index (χ4n) is 2.40. The van der Waals surface area contributed by atoms with E-state index in [1.54, 1.807) is 12.1 Å². The molecule has 1 heterocycles. The number of hydrogen-bond acceptors (Lipinski definition) is 4. The first-order valence-corrected chi connectivity index (χ1v) is 6.43. The molecule has 102 valence electrons. The number of benzene rings is 2. The summed E-state index contributed by atoms with van der Waals surface area (Å²) < 4.78 is 5.58. The maximum absolute atomic E-state index is 11.0. The van der Waals surface area contributed by atoms with E-state index in [9.17, 15) is 10.1 Å². The van der Waals surface area contributed by atoms with Gasteiger partial charge in [0.1, 0.15) is 12.4 Å². The monoisotopic (exact) mass is 270 g/mol. The van der Waals surface area contributed by atoms with Gasteiger partial charge in [-0.2, -0.15) is 0 Å². The van der Waals surface area contributed by atoms with Gasteiger partial charge in [0.15, 0.2) is 0 Å². The molecule has 0 radical (unpaired) electrons. The van der Waals surface area contributed by atoms with Gasteiger partial charge < -0.3 is 10.1 Å². The molecule has 1 N–H and O–H groups in total. The third-order valence-electron chi connectivity index (χ3n) is 3.43. The van der Waals surface area contributed by atoms with Crippen molar-refractivity contribution in [3.63, 3.8) is 0 Å². The first-order chi connectivity index (χ1) is 9.75. The summed E-state index contributed by atoms with van der Waals surface area (Å²) in [5.41, 5.74) is 1.93. The molecule has 0 saturated heterocycles. The minimum Gasteiger partial charge on any atom is -0.491 e. The number of rotatable bonds is 4. The zero-order chi connectivity index (χ0) is 13.9. The number of nitro benzene ring substituents is 1. The Kier molecular flexibility index (Phi) is 3.35. The number of hydrogen-bond donors (Lipinski definition) is 1. The molecule has 3 rings (SSSR count). The molecular formula is C15H14N2O3. The summed E-state index contributed by atoms with van der Waals surface area (Å²) in [5, 5.41) is 14.3. The Balaban J connectivity index is 1.74. The molecule has 0 fully saturated rings. The normalized spacial score (nSPS) is 16.5. The molecule has 2 aromatic carbocycles. The van der Waals surface area contributed by atoms with Gasteiger partial charge in [-0.25, -0.2) is 0 Å². The smallest absolute Gasteiger partial charge is 0.273 e. The zero-order valence-electron chi connectivity index (χ0n) is 10.8. The topological polar surface area (TPSA) is 64.4 Å². The van der Waals surface area contributed by atoms with Crippen LogP contribution in [0, 0.1) is 10.1 Å². The van der Waals surface area contributed by atoms with Crippen LogP contribution in [0.25, 0.3) is 0 Å². The van der Waals surface area contributed by atoms with Gasteiger partial charge in [0.05, 0.1) is 11.0 Å². The van der Waals surface area contributed by atoms with Crippen molar-refractivity contribution in [2.75, 3.05) is 6.61 Å². The third kappa shape index (κ3) is 2.35. The second kappa shape index (κ2) is 5.30. The molecule has 1 unspecified atom stereocenters. The Morgan fingerprint density at radius 3 is 2.80 bits per heavy atom. The lowest BCUT2D eigenvalue weighted by atomic mass is 10.1. The van der Waals surface area contributed by atoms with E-state index in [1.807, 2.05) is 30.3 Å². The predicted molar refractivity (Wildman–Crippen MR) is 74.6 cm³/mol. The minimum atomic E-state index is -0.351. The summed E-state index contributed by atoms with van der Waals surface area (Å²) in [7, 11) is 0. The minimum absolute atomic E-state index is 0.0750. The van der Waals surface area contributed by atoms with Crippen molar-refractivity contribution >= 4 is 5.69 Å². The van der Waals surface area contributed by atoms with Gasteiger partial charge in [-0.05, 0) is 6.07 Å². The maximum Gasteiger partial charge on any atom is 0.273 e. The third-order valence-corrected chi connectivity index (χ3v) is 3.43. The van der Waals surface area contributed by atoms with Crippen LogP contribution in [0.2, 0.25) is 0 Å². The number of nitrogens with one attached hydrogen (secondary N) is 1. The van der Waals surface area contributed by atoms with Gasteiger partial charge in [0.2, 0.25) is 0 Å². The zero-order valence-corrected chi connectivity index (χ0v) is 10.8. The van der Waals surface area contributed by atoms with Gasteiger partial charge >= 0.3 is 0 Å². The van der Waals surface area contributed by atoms with E-state index in [1.165, 1.54) is 6.07 Å². The van der Waals surface area contributed by atoms with Crippen LogP contribution in [-0.4, -0.2) is 11.5 Å². The largest absolute Gasteiger partial charge is 0.491 e. The highest BCUT2D eigenvalue weighted by Gasteiger charge is 2.23. The van der Waals surface area contributed by atoms with Crippen molar-refractivity contribution in [2.24, 2.45) is 0 Å². The molecule has 0 saturated carbocycles. The standard InChI is InChI=1S/C15H14N2O3/c18-17(19)14-7-3-1-5-11(14)9-16-13-10-20-15-8-4-2-6-12(13)15/h1-8,13,16H,9-10H2. The molecule has 1 aliphatic heterocycles. The van der Waals surface area contributed by atoms with Crippen LogP contribution >= 0.6 is 0 Å². The van der Waals surface area contributed by atoms with Gasteiger partial charge in [0, 0.05) is 23.7 Å². The Labute approximate surface area is 116 Å². The molecule has 5 nitrogen and oxygen atoms in total. The second-order valence-corrected chi connectivity index (χ2v) is 4.67.